The van der Waals surface area contributed by atoms with Crippen molar-refractivity contribution >= 4 is 15.8 Å². The number of rotatable bonds is 4. The zero-order chi connectivity index (χ0) is 9.84. The van der Waals surface area contributed by atoms with Gasteiger partial charge in [-0.25, -0.2) is 0 Å². The monoisotopic (exact) mass is 239 g/mol. The van der Waals surface area contributed by atoms with Crippen LogP contribution in [0.5, 0.6) is 0 Å². The molecule has 0 aromatic carbocycles. The molecule has 0 saturated heterocycles. The van der Waals surface area contributed by atoms with Gasteiger partial charge in [-0.05, 0) is 0 Å². The predicted molar refractivity (Wildman–Crippen MR) is 61.0 cm³/mol. The van der Waals surface area contributed by atoms with Gasteiger partial charge in [-0.3, -0.25) is 0 Å². The molecular weight excluding hydrogens is 219 g/mol. The van der Waals surface area contributed by atoms with Gasteiger partial charge >= 0.3 is 89.0 Å². The molecule has 0 spiro atoms. The van der Waals surface area contributed by atoms with E-state index in [9.17, 15) is 0 Å². The number of hydrogen-bond donors (Lipinski definition) is 0. The Bertz CT molecular complexity index is 220. The molecule has 0 aliphatic carbocycles. The molecule has 0 bridgehead atoms. The van der Waals surface area contributed by atoms with Gasteiger partial charge in [-0.15, -0.1) is 0 Å². The summed E-state index contributed by atoms with van der Waals surface area (Å²) in [7, 11) is 0. The van der Waals surface area contributed by atoms with Crippen molar-refractivity contribution in [2.24, 2.45) is 0 Å². The zero-order valence-corrected chi connectivity index (χ0v) is 11.2. The van der Waals surface area contributed by atoms with Crippen LogP contribution in [0.3, 0.4) is 0 Å². The fourth-order valence-corrected chi connectivity index (χ4v) is 5.21. The maximum atomic E-state index is 2.31. The Balaban J connectivity index is 2.96. The van der Waals surface area contributed by atoms with Crippen LogP contribution in [0.2, 0.25) is 0 Å². The molecule has 0 N–H and O–H groups in total. The van der Waals surface area contributed by atoms with Crippen molar-refractivity contribution in [3.05, 3.63) is 19.9 Å². The molecule has 0 unspecified atom stereocenters. The zero-order valence-electron chi connectivity index (χ0n) is 9.28. The first-order chi connectivity index (χ1) is 6.28. The van der Waals surface area contributed by atoms with Gasteiger partial charge in [0.2, 0.25) is 0 Å². The van der Waals surface area contributed by atoms with E-state index in [0.29, 0.717) is 15.8 Å². The Hall–Kier alpha value is 0.0384. The Kier molecular flexibility index (Phi) is 4.32. The molecule has 0 saturated carbocycles. The van der Waals surface area contributed by atoms with Crippen LogP contribution in [0, 0.1) is 0 Å². The molecule has 0 aromatic heterocycles. The SMILES string of the molecule is CCC1=C(CC)C(CC)=C(CC)[As]1. The van der Waals surface area contributed by atoms with Crippen LogP contribution in [0.25, 0.3) is 0 Å². The van der Waals surface area contributed by atoms with Crippen LogP contribution in [-0.2, 0) is 0 Å². The summed E-state index contributed by atoms with van der Waals surface area (Å²) in [6, 6.07) is 0. The number of hydrogen-bond acceptors (Lipinski definition) is 0. The molecule has 73 valence electrons. The normalized spacial score (nSPS) is 17.5. The van der Waals surface area contributed by atoms with E-state index >= 15 is 0 Å². The molecule has 0 nitrogen and oxygen atoms in total. The Labute approximate surface area is 89.2 Å². The standard InChI is InChI=1S/C12H20As/c1-5-9-10(6-2)12(8-4)13-11(9)7-3/h5-8H2,1-4H3. The molecular formula is C12H20As. The average Bonchev–Trinajstić information content (AvgIpc) is 2.54. The van der Waals surface area contributed by atoms with Gasteiger partial charge in [0.25, 0.3) is 0 Å². The average molecular weight is 239 g/mol. The summed E-state index contributed by atoms with van der Waals surface area (Å²) in [5, 5.41) is 0. The van der Waals surface area contributed by atoms with E-state index in [1.54, 1.807) is 19.9 Å². The van der Waals surface area contributed by atoms with Crippen LogP contribution in [-0.4, -0.2) is 15.8 Å². The van der Waals surface area contributed by atoms with E-state index in [2.05, 4.69) is 27.7 Å². The third-order valence-electron chi connectivity index (χ3n) is 2.71. The van der Waals surface area contributed by atoms with Gasteiger partial charge in [0.05, 0.1) is 0 Å². The van der Waals surface area contributed by atoms with Crippen molar-refractivity contribution < 1.29 is 0 Å². The fraction of sp³-hybridized carbons (Fsp3) is 0.667. The Morgan fingerprint density at radius 2 is 1.08 bits per heavy atom. The molecule has 13 heavy (non-hydrogen) atoms. The molecule has 0 atom stereocenters. The van der Waals surface area contributed by atoms with E-state index in [0.717, 1.165) is 0 Å². The third-order valence-corrected chi connectivity index (χ3v) is 6.30. The second kappa shape index (κ2) is 5.05. The first kappa shape index (κ1) is 11.1. The van der Waals surface area contributed by atoms with Crippen LogP contribution in [0.4, 0.5) is 0 Å². The van der Waals surface area contributed by atoms with Crippen molar-refractivity contribution in [3.8, 4) is 0 Å². The van der Waals surface area contributed by atoms with E-state index in [1.165, 1.54) is 25.7 Å². The first-order valence-electron chi connectivity index (χ1n) is 5.44. The summed E-state index contributed by atoms with van der Waals surface area (Å²) >= 11 is 0.424. The molecule has 0 aromatic rings. The third kappa shape index (κ3) is 2.10. The molecule has 1 heterocycles. The predicted octanol–water partition coefficient (Wildman–Crippen LogP) is 3.85. The molecule has 1 aliphatic heterocycles. The van der Waals surface area contributed by atoms with Gasteiger partial charge in [-0.2, -0.15) is 0 Å². The van der Waals surface area contributed by atoms with Crippen LogP contribution >= 0.6 is 0 Å². The fourth-order valence-electron chi connectivity index (χ4n) is 2.07. The molecule has 1 rings (SSSR count). The van der Waals surface area contributed by atoms with E-state index in [-0.39, 0.29) is 0 Å². The molecule has 0 amide bonds. The molecule has 1 radical (unpaired) electrons. The topological polar surface area (TPSA) is 0 Å². The molecule has 0 fully saturated rings. The van der Waals surface area contributed by atoms with Gasteiger partial charge in [0.1, 0.15) is 0 Å². The van der Waals surface area contributed by atoms with Crippen molar-refractivity contribution in [1.29, 1.82) is 0 Å². The van der Waals surface area contributed by atoms with E-state index in [4.69, 9.17) is 0 Å². The summed E-state index contributed by atoms with van der Waals surface area (Å²) in [4.78, 5) is 0. The van der Waals surface area contributed by atoms with Crippen molar-refractivity contribution in [3.63, 3.8) is 0 Å². The van der Waals surface area contributed by atoms with Gasteiger partial charge in [0, 0.05) is 0 Å². The van der Waals surface area contributed by atoms with Gasteiger partial charge in [-0.1, -0.05) is 0 Å². The Morgan fingerprint density at radius 1 is 0.692 bits per heavy atom. The van der Waals surface area contributed by atoms with Crippen molar-refractivity contribution in [2.75, 3.05) is 0 Å². The summed E-state index contributed by atoms with van der Waals surface area (Å²) in [5.74, 6) is 0. The Morgan fingerprint density at radius 3 is 1.31 bits per heavy atom. The van der Waals surface area contributed by atoms with Crippen molar-refractivity contribution in [1.82, 2.24) is 0 Å². The summed E-state index contributed by atoms with van der Waals surface area (Å²) in [5.41, 5.74) is 3.45. The van der Waals surface area contributed by atoms with Crippen molar-refractivity contribution in [2.45, 2.75) is 53.4 Å². The number of allylic oxidation sites excluding steroid dienone is 4. The van der Waals surface area contributed by atoms with Gasteiger partial charge in [0.15, 0.2) is 0 Å². The minimum absolute atomic E-state index is 0.424. The van der Waals surface area contributed by atoms with Gasteiger partial charge < -0.3 is 0 Å². The quantitative estimate of drug-likeness (QED) is 0.653. The summed E-state index contributed by atoms with van der Waals surface area (Å²) in [6.07, 6.45) is 5.09. The van der Waals surface area contributed by atoms with Crippen LogP contribution in [0.15, 0.2) is 19.9 Å². The van der Waals surface area contributed by atoms with Crippen LogP contribution < -0.4 is 0 Å². The molecule has 1 heteroatoms. The van der Waals surface area contributed by atoms with E-state index in [1.807, 2.05) is 0 Å². The first-order valence-corrected chi connectivity index (χ1v) is 7.32. The second-order valence-corrected chi connectivity index (χ2v) is 6.11. The minimum atomic E-state index is 0.424. The summed E-state index contributed by atoms with van der Waals surface area (Å²) < 4.78 is 3.60. The molecule has 1 aliphatic rings. The second-order valence-electron chi connectivity index (χ2n) is 3.38. The summed E-state index contributed by atoms with van der Waals surface area (Å²) in [6.45, 7) is 9.24. The maximum absolute atomic E-state index is 2.31. The van der Waals surface area contributed by atoms with Crippen LogP contribution in [0.1, 0.15) is 53.4 Å². The van der Waals surface area contributed by atoms with E-state index < -0.39 is 0 Å².